The van der Waals surface area contributed by atoms with Crippen molar-refractivity contribution < 1.29 is 0 Å². The highest BCUT2D eigenvalue weighted by molar-refractivity contribution is 4.85. The Labute approximate surface area is 68.5 Å². The van der Waals surface area contributed by atoms with E-state index >= 15 is 0 Å². The first-order valence-corrected chi connectivity index (χ1v) is 4.83. The first kappa shape index (κ1) is 7.56. The summed E-state index contributed by atoms with van der Waals surface area (Å²) < 4.78 is 0. The Morgan fingerprint density at radius 1 is 1.18 bits per heavy atom. The van der Waals surface area contributed by atoms with Gasteiger partial charge in [-0.05, 0) is 44.6 Å². The summed E-state index contributed by atoms with van der Waals surface area (Å²) in [5.41, 5.74) is 5.82. The van der Waals surface area contributed by atoms with E-state index in [4.69, 9.17) is 5.73 Å². The largest absolute Gasteiger partial charge is 0.328 e. The fourth-order valence-electron chi connectivity index (χ4n) is 1.92. The van der Waals surface area contributed by atoms with Crippen LogP contribution in [0.1, 0.15) is 32.1 Å². The Hall–Kier alpha value is -0.0800. The van der Waals surface area contributed by atoms with Crippen molar-refractivity contribution in [2.45, 2.75) is 44.2 Å². The van der Waals surface area contributed by atoms with E-state index in [9.17, 15) is 0 Å². The third-order valence-electron chi connectivity index (χ3n) is 2.85. The molecule has 0 aromatic carbocycles. The van der Waals surface area contributed by atoms with Gasteiger partial charge >= 0.3 is 0 Å². The fraction of sp³-hybridized carbons (Fsp3) is 1.00. The average molecular weight is 154 g/mol. The van der Waals surface area contributed by atoms with Gasteiger partial charge in [-0.25, -0.2) is 0 Å². The van der Waals surface area contributed by atoms with E-state index in [0.29, 0.717) is 6.04 Å². The lowest BCUT2D eigenvalue weighted by atomic mass is 10.1. The molecule has 0 bridgehead atoms. The summed E-state index contributed by atoms with van der Waals surface area (Å²) in [6.07, 6.45) is 6.65. The Kier molecular flexibility index (Phi) is 2.14. The SMILES string of the molecule is N[C@@H]1CC[C@H](CNC2CC2)C1. The minimum atomic E-state index is 0.501. The summed E-state index contributed by atoms with van der Waals surface area (Å²) in [4.78, 5) is 0. The summed E-state index contributed by atoms with van der Waals surface area (Å²) in [5.74, 6) is 0.880. The minimum Gasteiger partial charge on any atom is -0.328 e. The van der Waals surface area contributed by atoms with E-state index in [-0.39, 0.29) is 0 Å². The zero-order valence-electron chi connectivity index (χ0n) is 7.05. The molecule has 2 fully saturated rings. The van der Waals surface area contributed by atoms with Crippen LogP contribution in [-0.2, 0) is 0 Å². The predicted octanol–water partition coefficient (Wildman–Crippen LogP) is 0.866. The van der Waals surface area contributed by atoms with Gasteiger partial charge in [0.15, 0.2) is 0 Å². The average Bonchev–Trinajstić information content (AvgIpc) is 2.72. The van der Waals surface area contributed by atoms with Crippen LogP contribution in [0.25, 0.3) is 0 Å². The zero-order chi connectivity index (χ0) is 7.68. The molecular weight excluding hydrogens is 136 g/mol. The molecule has 2 saturated carbocycles. The monoisotopic (exact) mass is 154 g/mol. The second-order valence-corrected chi connectivity index (χ2v) is 4.12. The maximum Gasteiger partial charge on any atom is 0.00683 e. The van der Waals surface area contributed by atoms with Gasteiger partial charge < -0.3 is 11.1 Å². The molecule has 11 heavy (non-hydrogen) atoms. The first-order chi connectivity index (χ1) is 5.34. The third kappa shape index (κ3) is 2.17. The van der Waals surface area contributed by atoms with Gasteiger partial charge in [0.05, 0.1) is 0 Å². The molecule has 2 rings (SSSR count). The van der Waals surface area contributed by atoms with Crippen LogP contribution in [-0.4, -0.2) is 18.6 Å². The van der Waals surface area contributed by atoms with Gasteiger partial charge in [-0.1, -0.05) is 0 Å². The molecule has 2 atom stereocenters. The molecule has 0 unspecified atom stereocenters. The van der Waals surface area contributed by atoms with Gasteiger partial charge in [0.1, 0.15) is 0 Å². The van der Waals surface area contributed by atoms with Crippen LogP contribution in [0.5, 0.6) is 0 Å². The molecule has 0 aromatic heterocycles. The van der Waals surface area contributed by atoms with E-state index < -0.39 is 0 Å². The van der Waals surface area contributed by atoms with E-state index in [1.165, 1.54) is 38.6 Å². The number of hydrogen-bond acceptors (Lipinski definition) is 2. The smallest absolute Gasteiger partial charge is 0.00683 e. The number of nitrogens with two attached hydrogens (primary N) is 1. The molecule has 0 saturated heterocycles. The summed E-state index contributed by atoms with van der Waals surface area (Å²) in [7, 11) is 0. The molecule has 0 amide bonds. The maximum absolute atomic E-state index is 5.82. The van der Waals surface area contributed by atoms with E-state index in [2.05, 4.69) is 5.32 Å². The van der Waals surface area contributed by atoms with Gasteiger partial charge in [-0.2, -0.15) is 0 Å². The van der Waals surface area contributed by atoms with Gasteiger partial charge in [-0.3, -0.25) is 0 Å². The van der Waals surface area contributed by atoms with Gasteiger partial charge in [0.2, 0.25) is 0 Å². The zero-order valence-corrected chi connectivity index (χ0v) is 7.05. The van der Waals surface area contributed by atoms with Crippen LogP contribution < -0.4 is 11.1 Å². The molecule has 2 aliphatic rings. The quantitative estimate of drug-likeness (QED) is 0.633. The minimum absolute atomic E-state index is 0.501. The lowest BCUT2D eigenvalue weighted by molar-refractivity contribution is 0.481. The molecule has 0 spiro atoms. The van der Waals surface area contributed by atoms with E-state index in [1.54, 1.807) is 0 Å². The molecule has 3 N–H and O–H groups in total. The van der Waals surface area contributed by atoms with Gasteiger partial charge in [-0.15, -0.1) is 0 Å². The lowest BCUT2D eigenvalue weighted by Gasteiger charge is -2.09. The maximum atomic E-state index is 5.82. The second-order valence-electron chi connectivity index (χ2n) is 4.12. The van der Waals surface area contributed by atoms with Crippen molar-refractivity contribution in [1.82, 2.24) is 5.32 Å². The van der Waals surface area contributed by atoms with Crippen molar-refractivity contribution in [1.29, 1.82) is 0 Å². The van der Waals surface area contributed by atoms with Crippen LogP contribution >= 0.6 is 0 Å². The van der Waals surface area contributed by atoms with Crippen LogP contribution in [0.2, 0.25) is 0 Å². The molecule has 2 aliphatic carbocycles. The van der Waals surface area contributed by atoms with Crippen molar-refractivity contribution in [2.75, 3.05) is 6.54 Å². The van der Waals surface area contributed by atoms with Crippen molar-refractivity contribution in [2.24, 2.45) is 11.7 Å². The molecular formula is C9H18N2. The standard InChI is InChI=1S/C9H18N2/c10-8-2-1-7(5-8)6-11-9-3-4-9/h7-9,11H,1-6,10H2/t7-,8+/m0/s1. The van der Waals surface area contributed by atoms with E-state index in [1.807, 2.05) is 0 Å². The Balaban J connectivity index is 1.62. The molecule has 0 heterocycles. The first-order valence-electron chi connectivity index (χ1n) is 4.83. The number of nitrogens with one attached hydrogen (secondary N) is 1. The highest BCUT2D eigenvalue weighted by Gasteiger charge is 2.25. The fourth-order valence-corrected chi connectivity index (χ4v) is 1.92. The van der Waals surface area contributed by atoms with Crippen LogP contribution in [0.3, 0.4) is 0 Å². The van der Waals surface area contributed by atoms with E-state index in [0.717, 1.165) is 12.0 Å². The van der Waals surface area contributed by atoms with Crippen LogP contribution in [0.15, 0.2) is 0 Å². The van der Waals surface area contributed by atoms with Crippen LogP contribution in [0, 0.1) is 5.92 Å². The topological polar surface area (TPSA) is 38.0 Å². The molecule has 0 aliphatic heterocycles. The Morgan fingerprint density at radius 2 is 2.00 bits per heavy atom. The Bertz CT molecular complexity index is 132. The summed E-state index contributed by atoms with van der Waals surface area (Å²) >= 11 is 0. The summed E-state index contributed by atoms with van der Waals surface area (Å²) in [6, 6.07) is 1.37. The van der Waals surface area contributed by atoms with Gasteiger partial charge in [0.25, 0.3) is 0 Å². The number of rotatable bonds is 3. The normalized spacial score (nSPS) is 37.9. The third-order valence-corrected chi connectivity index (χ3v) is 2.85. The van der Waals surface area contributed by atoms with Crippen molar-refractivity contribution in [3.05, 3.63) is 0 Å². The van der Waals surface area contributed by atoms with Gasteiger partial charge in [0, 0.05) is 12.1 Å². The molecule has 2 heteroatoms. The highest BCUT2D eigenvalue weighted by Crippen LogP contribution is 2.25. The number of hydrogen-bond donors (Lipinski definition) is 2. The summed E-state index contributed by atoms with van der Waals surface area (Å²) in [5, 5.41) is 3.56. The second kappa shape index (κ2) is 3.11. The Morgan fingerprint density at radius 3 is 2.55 bits per heavy atom. The molecule has 0 aromatic rings. The molecule has 64 valence electrons. The predicted molar refractivity (Wildman–Crippen MR) is 46.3 cm³/mol. The molecule has 2 nitrogen and oxygen atoms in total. The van der Waals surface area contributed by atoms with Crippen molar-refractivity contribution >= 4 is 0 Å². The molecule has 0 radical (unpaired) electrons. The lowest BCUT2D eigenvalue weighted by Crippen LogP contribution is -2.24. The van der Waals surface area contributed by atoms with Crippen molar-refractivity contribution in [3.63, 3.8) is 0 Å². The summed E-state index contributed by atoms with van der Waals surface area (Å²) in [6.45, 7) is 1.22. The van der Waals surface area contributed by atoms with Crippen LogP contribution in [0.4, 0.5) is 0 Å². The van der Waals surface area contributed by atoms with Crippen molar-refractivity contribution in [3.8, 4) is 0 Å². The highest BCUT2D eigenvalue weighted by atomic mass is 14.9.